The Labute approximate surface area is 155 Å². The number of anilines is 1. The molecule has 0 radical (unpaired) electrons. The van der Waals surface area contributed by atoms with Gasteiger partial charge in [0.25, 0.3) is 5.91 Å². The number of aliphatic hydroxyl groups excluding tert-OH is 1. The standard InChI is InChI=1S/C19H19ClN4O2/c1-2-13-14-6-11(7-22-18(14)23-17(13)20)10-3-4-16(21)15(5-10)19(26)24-8-12(25)9-24/h3-7,12,25H,2,8-9,21H2,1H3,(H,22,23). The van der Waals surface area contributed by atoms with Crippen LogP contribution in [0.2, 0.25) is 5.15 Å². The van der Waals surface area contributed by atoms with Crippen molar-refractivity contribution in [1.82, 2.24) is 14.9 Å². The highest BCUT2D eigenvalue weighted by molar-refractivity contribution is 6.31. The Balaban J connectivity index is 1.75. The van der Waals surface area contributed by atoms with E-state index in [1.807, 2.05) is 19.1 Å². The number of carbonyl (C=O) groups is 1. The lowest BCUT2D eigenvalue weighted by Crippen LogP contribution is -2.53. The van der Waals surface area contributed by atoms with Crippen LogP contribution in [0, 0.1) is 0 Å². The van der Waals surface area contributed by atoms with E-state index in [1.165, 1.54) is 0 Å². The lowest BCUT2D eigenvalue weighted by Gasteiger charge is -2.36. The summed E-state index contributed by atoms with van der Waals surface area (Å²) in [6.45, 7) is 2.73. The first-order valence-electron chi connectivity index (χ1n) is 8.51. The van der Waals surface area contributed by atoms with Crippen LogP contribution < -0.4 is 5.73 Å². The number of amides is 1. The third-order valence-corrected chi connectivity index (χ3v) is 5.15. The number of nitrogens with one attached hydrogen (secondary N) is 1. The Bertz CT molecular complexity index is 1010. The van der Waals surface area contributed by atoms with E-state index in [4.69, 9.17) is 17.3 Å². The van der Waals surface area contributed by atoms with E-state index >= 15 is 0 Å². The van der Waals surface area contributed by atoms with Gasteiger partial charge in [0, 0.05) is 35.9 Å². The topological polar surface area (TPSA) is 95.2 Å². The molecule has 4 rings (SSSR count). The summed E-state index contributed by atoms with van der Waals surface area (Å²) in [5.74, 6) is -0.164. The zero-order valence-electron chi connectivity index (χ0n) is 14.3. The number of fused-ring (bicyclic) bond motifs is 1. The lowest BCUT2D eigenvalue weighted by atomic mass is 10.00. The molecule has 1 saturated heterocycles. The summed E-state index contributed by atoms with van der Waals surface area (Å²) in [6, 6.07) is 7.41. The van der Waals surface area contributed by atoms with Gasteiger partial charge in [0.1, 0.15) is 10.8 Å². The molecule has 3 heterocycles. The van der Waals surface area contributed by atoms with Gasteiger partial charge in [0.05, 0.1) is 11.7 Å². The number of hydrogen-bond acceptors (Lipinski definition) is 4. The van der Waals surface area contributed by atoms with Crippen molar-refractivity contribution in [2.24, 2.45) is 0 Å². The fourth-order valence-electron chi connectivity index (χ4n) is 3.31. The number of nitrogens with zero attached hydrogens (tertiary/aromatic N) is 2. The van der Waals surface area contributed by atoms with E-state index in [2.05, 4.69) is 9.97 Å². The van der Waals surface area contributed by atoms with Crippen LogP contribution in [0.15, 0.2) is 30.5 Å². The average Bonchev–Trinajstić information content (AvgIpc) is 2.93. The monoisotopic (exact) mass is 370 g/mol. The van der Waals surface area contributed by atoms with Gasteiger partial charge in [0.2, 0.25) is 0 Å². The number of benzene rings is 1. The van der Waals surface area contributed by atoms with Crippen molar-refractivity contribution in [3.63, 3.8) is 0 Å². The van der Waals surface area contributed by atoms with Crippen molar-refractivity contribution in [3.8, 4) is 11.1 Å². The molecule has 26 heavy (non-hydrogen) atoms. The van der Waals surface area contributed by atoms with Crippen LogP contribution in [0.5, 0.6) is 0 Å². The number of pyridine rings is 1. The summed E-state index contributed by atoms with van der Waals surface area (Å²) in [5, 5.41) is 11.0. The molecule has 0 unspecified atom stereocenters. The molecule has 0 aliphatic carbocycles. The van der Waals surface area contributed by atoms with E-state index in [1.54, 1.807) is 23.2 Å². The highest BCUT2D eigenvalue weighted by Gasteiger charge is 2.30. The number of likely N-dealkylation sites (tertiary alicyclic amines) is 1. The Hall–Kier alpha value is -2.57. The number of aliphatic hydroxyl groups is 1. The van der Waals surface area contributed by atoms with Gasteiger partial charge in [-0.1, -0.05) is 24.6 Å². The normalized spacial score (nSPS) is 14.7. The number of nitrogens with two attached hydrogens (primary N) is 1. The second-order valence-corrected chi connectivity index (χ2v) is 6.94. The summed E-state index contributed by atoms with van der Waals surface area (Å²) in [5.41, 5.74) is 10.4. The molecule has 7 heteroatoms. The van der Waals surface area contributed by atoms with Crippen molar-refractivity contribution in [1.29, 1.82) is 0 Å². The van der Waals surface area contributed by atoms with Crippen LogP contribution in [0.25, 0.3) is 22.2 Å². The molecule has 4 N–H and O–H groups in total. The first kappa shape index (κ1) is 16.9. The molecular formula is C19H19ClN4O2. The Morgan fingerprint density at radius 1 is 1.38 bits per heavy atom. The maximum atomic E-state index is 12.6. The summed E-state index contributed by atoms with van der Waals surface area (Å²) in [6.07, 6.45) is 2.11. The molecule has 1 amide bonds. The molecular weight excluding hydrogens is 352 g/mol. The van der Waals surface area contributed by atoms with Crippen molar-refractivity contribution >= 4 is 34.2 Å². The molecule has 6 nitrogen and oxygen atoms in total. The number of aromatic nitrogens is 2. The fourth-order valence-corrected chi connectivity index (χ4v) is 3.63. The minimum atomic E-state index is -0.444. The predicted molar refractivity (Wildman–Crippen MR) is 102 cm³/mol. The summed E-state index contributed by atoms with van der Waals surface area (Å²) in [4.78, 5) is 21.7. The number of carbonyl (C=O) groups excluding carboxylic acids is 1. The van der Waals surface area contributed by atoms with E-state index in [-0.39, 0.29) is 5.91 Å². The van der Waals surface area contributed by atoms with E-state index < -0.39 is 6.10 Å². The van der Waals surface area contributed by atoms with E-state index in [9.17, 15) is 9.90 Å². The molecule has 1 aliphatic rings. The molecule has 3 aromatic rings. The van der Waals surface area contributed by atoms with Crippen LogP contribution in [-0.4, -0.2) is 45.1 Å². The minimum absolute atomic E-state index is 0.164. The Morgan fingerprint density at radius 3 is 2.85 bits per heavy atom. The van der Waals surface area contributed by atoms with Gasteiger partial charge in [-0.15, -0.1) is 0 Å². The largest absolute Gasteiger partial charge is 0.398 e. The fraction of sp³-hybridized carbons (Fsp3) is 0.263. The lowest BCUT2D eigenvalue weighted by molar-refractivity contribution is 0.00597. The third-order valence-electron chi connectivity index (χ3n) is 4.83. The second-order valence-electron chi connectivity index (χ2n) is 6.56. The zero-order chi connectivity index (χ0) is 18.4. The highest BCUT2D eigenvalue weighted by Crippen LogP contribution is 2.31. The van der Waals surface area contributed by atoms with Crippen LogP contribution in [0.4, 0.5) is 5.69 Å². The number of nitrogen functional groups attached to an aromatic ring is 1. The maximum Gasteiger partial charge on any atom is 0.256 e. The number of rotatable bonds is 3. The Kier molecular flexibility index (Phi) is 4.09. The SMILES string of the molecule is CCc1c(Cl)[nH]c2ncc(-c3ccc(N)c(C(=O)N4CC(O)C4)c3)cc12. The minimum Gasteiger partial charge on any atom is -0.398 e. The molecule has 1 aromatic carbocycles. The molecule has 0 atom stereocenters. The van der Waals surface area contributed by atoms with Gasteiger partial charge in [0.15, 0.2) is 0 Å². The number of aromatic amines is 1. The van der Waals surface area contributed by atoms with Gasteiger partial charge in [-0.25, -0.2) is 4.98 Å². The number of aryl methyl sites for hydroxylation is 1. The van der Waals surface area contributed by atoms with Gasteiger partial charge >= 0.3 is 0 Å². The van der Waals surface area contributed by atoms with Crippen LogP contribution in [0.3, 0.4) is 0 Å². The third kappa shape index (κ3) is 2.71. The van der Waals surface area contributed by atoms with Crippen LogP contribution in [-0.2, 0) is 6.42 Å². The zero-order valence-corrected chi connectivity index (χ0v) is 15.0. The summed E-state index contributed by atoms with van der Waals surface area (Å²) >= 11 is 6.24. The van der Waals surface area contributed by atoms with E-state index in [0.717, 1.165) is 34.1 Å². The second kappa shape index (κ2) is 6.30. The van der Waals surface area contributed by atoms with Crippen LogP contribution >= 0.6 is 11.6 Å². The highest BCUT2D eigenvalue weighted by atomic mass is 35.5. The van der Waals surface area contributed by atoms with Crippen molar-refractivity contribution < 1.29 is 9.90 Å². The number of halogens is 1. The first-order chi connectivity index (χ1) is 12.5. The molecule has 0 saturated carbocycles. The summed E-state index contributed by atoms with van der Waals surface area (Å²) in [7, 11) is 0. The van der Waals surface area contributed by atoms with Crippen LogP contribution in [0.1, 0.15) is 22.8 Å². The van der Waals surface area contributed by atoms with Crippen molar-refractivity contribution in [2.75, 3.05) is 18.8 Å². The molecule has 134 valence electrons. The maximum absolute atomic E-state index is 12.6. The molecule has 1 fully saturated rings. The van der Waals surface area contributed by atoms with Crippen molar-refractivity contribution in [3.05, 3.63) is 46.7 Å². The number of H-pyrrole nitrogens is 1. The van der Waals surface area contributed by atoms with Crippen molar-refractivity contribution in [2.45, 2.75) is 19.4 Å². The van der Waals surface area contributed by atoms with Gasteiger partial charge < -0.3 is 20.7 Å². The number of hydrogen-bond donors (Lipinski definition) is 3. The van der Waals surface area contributed by atoms with E-state index in [0.29, 0.717) is 29.5 Å². The van der Waals surface area contributed by atoms with Gasteiger partial charge in [-0.3, -0.25) is 4.79 Å². The Morgan fingerprint density at radius 2 is 2.15 bits per heavy atom. The molecule has 0 spiro atoms. The predicted octanol–water partition coefficient (Wildman–Crippen LogP) is 2.84. The van der Waals surface area contributed by atoms with Gasteiger partial charge in [-0.05, 0) is 35.7 Å². The van der Waals surface area contributed by atoms with Gasteiger partial charge in [-0.2, -0.15) is 0 Å². The smallest absolute Gasteiger partial charge is 0.256 e. The quantitative estimate of drug-likeness (QED) is 0.618. The number of β-amino-alcohol motifs (C(OH)–C–C–N with tert-alkyl or cyclic N) is 1. The first-order valence-corrected chi connectivity index (χ1v) is 8.89. The molecule has 1 aliphatic heterocycles. The summed E-state index contributed by atoms with van der Waals surface area (Å²) < 4.78 is 0. The molecule has 2 aromatic heterocycles. The molecule has 0 bridgehead atoms. The average molecular weight is 371 g/mol.